The van der Waals surface area contributed by atoms with Crippen LogP contribution in [0.1, 0.15) is 44.6 Å². The minimum Gasteiger partial charge on any atom is -0.466 e. The quantitative estimate of drug-likeness (QED) is 0.636. The van der Waals surface area contributed by atoms with Crippen LogP contribution in [0.4, 0.5) is 0 Å². The van der Waals surface area contributed by atoms with Crippen molar-refractivity contribution in [1.29, 1.82) is 0 Å². The Morgan fingerprint density at radius 3 is 2.36 bits per heavy atom. The molecule has 1 aliphatic carbocycles. The van der Waals surface area contributed by atoms with Crippen LogP contribution >= 0.6 is 0 Å². The normalized spacial score (nSPS) is 29.3. The molecule has 7 nitrogen and oxygen atoms in total. The zero-order chi connectivity index (χ0) is 18.8. The second kappa shape index (κ2) is 7.39. The molecule has 1 saturated carbocycles. The molecule has 0 amide bonds. The van der Waals surface area contributed by atoms with Crippen LogP contribution in [-0.4, -0.2) is 41.6 Å². The Kier molecular flexibility index (Phi) is 5.67. The van der Waals surface area contributed by atoms with Gasteiger partial charge in [-0.2, -0.15) is 0 Å². The number of carbonyl (C=O) groups excluding carboxylic acids is 3. The maximum Gasteiger partial charge on any atom is 0.317 e. The summed E-state index contributed by atoms with van der Waals surface area (Å²) in [6.45, 7) is 6.62. The van der Waals surface area contributed by atoms with Crippen LogP contribution < -0.4 is 0 Å². The molecule has 0 aliphatic heterocycles. The fourth-order valence-corrected chi connectivity index (χ4v) is 3.46. The lowest BCUT2D eigenvalue weighted by Crippen LogP contribution is -2.55. The van der Waals surface area contributed by atoms with E-state index in [1.165, 1.54) is 6.92 Å². The minimum atomic E-state index is -1.66. The Morgan fingerprint density at radius 2 is 1.84 bits per heavy atom. The van der Waals surface area contributed by atoms with Gasteiger partial charge in [-0.05, 0) is 39.8 Å². The van der Waals surface area contributed by atoms with Crippen molar-refractivity contribution in [3.05, 3.63) is 23.7 Å². The molecule has 25 heavy (non-hydrogen) atoms. The van der Waals surface area contributed by atoms with E-state index in [-0.39, 0.29) is 25.4 Å². The molecule has 0 saturated heterocycles. The van der Waals surface area contributed by atoms with Gasteiger partial charge < -0.3 is 19.0 Å². The zero-order valence-corrected chi connectivity index (χ0v) is 14.9. The molecule has 0 aromatic carbocycles. The molecule has 7 heteroatoms. The Morgan fingerprint density at radius 1 is 1.24 bits per heavy atom. The first kappa shape index (κ1) is 19.2. The highest BCUT2D eigenvalue weighted by Crippen LogP contribution is 2.47. The van der Waals surface area contributed by atoms with E-state index in [4.69, 9.17) is 13.9 Å². The standard InChI is InChI=1S/C18H24O7/c1-5-23-16(20)13-11(19)9-18(4,22)15(17(21)24-6-2)14(13)12-8-7-10(3)25-12/h7-8,13-15,22H,5-6,9H2,1-4H3/t13-,14+,15+,18-/m0/s1. The van der Waals surface area contributed by atoms with Crippen LogP contribution in [0, 0.1) is 18.8 Å². The summed E-state index contributed by atoms with van der Waals surface area (Å²) in [4.78, 5) is 37.6. The van der Waals surface area contributed by atoms with E-state index in [9.17, 15) is 19.5 Å². The highest BCUT2D eigenvalue weighted by Gasteiger charge is 2.58. The molecule has 0 spiro atoms. The van der Waals surface area contributed by atoms with E-state index in [2.05, 4.69) is 0 Å². The summed E-state index contributed by atoms with van der Waals surface area (Å²) in [5.74, 6) is -4.36. The van der Waals surface area contributed by atoms with Gasteiger partial charge in [0.2, 0.25) is 0 Å². The van der Waals surface area contributed by atoms with Crippen molar-refractivity contribution in [2.24, 2.45) is 11.8 Å². The molecular formula is C18H24O7. The Bertz CT molecular complexity index is 658. The van der Waals surface area contributed by atoms with Gasteiger partial charge in [-0.25, -0.2) is 0 Å². The van der Waals surface area contributed by atoms with Crippen molar-refractivity contribution in [2.45, 2.75) is 45.6 Å². The third kappa shape index (κ3) is 3.76. The molecule has 0 radical (unpaired) electrons. The van der Waals surface area contributed by atoms with Crippen molar-refractivity contribution in [1.82, 2.24) is 0 Å². The zero-order valence-electron chi connectivity index (χ0n) is 14.9. The number of ether oxygens (including phenoxy) is 2. The second-order valence-corrected chi connectivity index (χ2v) is 6.43. The molecule has 2 rings (SSSR count). The number of hydrogen-bond donors (Lipinski definition) is 1. The Labute approximate surface area is 146 Å². The smallest absolute Gasteiger partial charge is 0.317 e. The van der Waals surface area contributed by atoms with Crippen LogP contribution in [0.15, 0.2) is 16.5 Å². The van der Waals surface area contributed by atoms with Crippen molar-refractivity contribution in [3.8, 4) is 0 Å². The van der Waals surface area contributed by atoms with Gasteiger partial charge in [0.15, 0.2) is 5.78 Å². The highest BCUT2D eigenvalue weighted by molar-refractivity contribution is 6.02. The predicted octanol–water partition coefficient (Wildman–Crippen LogP) is 1.75. The molecule has 0 bridgehead atoms. The van der Waals surface area contributed by atoms with E-state index in [0.717, 1.165) is 0 Å². The lowest BCUT2D eigenvalue weighted by atomic mass is 9.63. The molecule has 138 valence electrons. The molecule has 0 unspecified atom stereocenters. The number of Topliss-reactive ketones (excluding diaryl/α,β-unsaturated/α-hetero) is 1. The van der Waals surface area contributed by atoms with Gasteiger partial charge in [0.25, 0.3) is 0 Å². The van der Waals surface area contributed by atoms with E-state index in [1.807, 2.05) is 0 Å². The number of ketones is 1. The van der Waals surface area contributed by atoms with E-state index in [0.29, 0.717) is 5.76 Å². The SMILES string of the molecule is CCOC(=O)[C@H]1C(=O)C[C@](C)(O)[C@@H](C(=O)OCC)[C@@H]1c1ccc(C)o1. The lowest BCUT2D eigenvalue weighted by molar-refractivity contribution is -0.173. The number of rotatable bonds is 5. The maximum atomic E-state index is 12.6. The Hall–Kier alpha value is -2.15. The van der Waals surface area contributed by atoms with Gasteiger partial charge in [0.1, 0.15) is 17.4 Å². The van der Waals surface area contributed by atoms with E-state index < -0.39 is 41.1 Å². The van der Waals surface area contributed by atoms with Gasteiger partial charge in [-0.15, -0.1) is 0 Å². The summed E-state index contributed by atoms with van der Waals surface area (Å²) in [5, 5.41) is 10.8. The summed E-state index contributed by atoms with van der Waals surface area (Å²) in [6, 6.07) is 3.28. The first-order valence-electron chi connectivity index (χ1n) is 8.37. The lowest BCUT2D eigenvalue weighted by Gasteiger charge is -2.42. The minimum absolute atomic E-state index is 0.104. The molecule has 1 aromatic heterocycles. The average Bonchev–Trinajstić information content (AvgIpc) is 2.92. The monoisotopic (exact) mass is 352 g/mol. The summed E-state index contributed by atoms with van der Waals surface area (Å²) in [7, 11) is 0. The predicted molar refractivity (Wildman–Crippen MR) is 86.7 cm³/mol. The van der Waals surface area contributed by atoms with Crippen molar-refractivity contribution < 1.29 is 33.4 Å². The van der Waals surface area contributed by atoms with Crippen LogP contribution in [0.5, 0.6) is 0 Å². The van der Waals surface area contributed by atoms with E-state index in [1.54, 1.807) is 32.9 Å². The van der Waals surface area contributed by atoms with Crippen LogP contribution in [-0.2, 0) is 23.9 Å². The summed E-state index contributed by atoms with van der Waals surface area (Å²) < 4.78 is 15.7. The number of hydrogen-bond acceptors (Lipinski definition) is 7. The molecule has 1 aliphatic rings. The molecule has 1 heterocycles. The molecule has 1 fully saturated rings. The average molecular weight is 352 g/mol. The van der Waals surface area contributed by atoms with Crippen molar-refractivity contribution in [3.63, 3.8) is 0 Å². The number of aryl methyl sites for hydroxylation is 1. The number of furan rings is 1. The van der Waals surface area contributed by atoms with Gasteiger partial charge in [0, 0.05) is 6.42 Å². The number of aliphatic hydroxyl groups is 1. The topological polar surface area (TPSA) is 103 Å². The Balaban J connectivity index is 2.56. The summed E-state index contributed by atoms with van der Waals surface area (Å²) in [5.41, 5.74) is -1.66. The van der Waals surface area contributed by atoms with Crippen LogP contribution in [0.3, 0.4) is 0 Å². The van der Waals surface area contributed by atoms with Crippen molar-refractivity contribution in [2.75, 3.05) is 13.2 Å². The van der Waals surface area contributed by atoms with E-state index >= 15 is 0 Å². The molecular weight excluding hydrogens is 328 g/mol. The number of esters is 2. The third-order valence-electron chi connectivity index (χ3n) is 4.44. The van der Waals surface area contributed by atoms with Gasteiger partial charge >= 0.3 is 11.9 Å². The van der Waals surface area contributed by atoms with Crippen LogP contribution in [0.2, 0.25) is 0 Å². The van der Waals surface area contributed by atoms with Gasteiger partial charge in [-0.1, -0.05) is 0 Å². The number of carbonyl (C=O) groups is 3. The fourth-order valence-electron chi connectivity index (χ4n) is 3.46. The highest BCUT2D eigenvalue weighted by atomic mass is 16.5. The van der Waals surface area contributed by atoms with Gasteiger partial charge in [0.05, 0.1) is 30.7 Å². The fraction of sp³-hybridized carbons (Fsp3) is 0.611. The molecule has 1 aromatic rings. The molecule has 1 N–H and O–H groups in total. The maximum absolute atomic E-state index is 12.6. The summed E-state index contributed by atoms with van der Waals surface area (Å²) in [6.07, 6.45) is -0.337. The first-order chi connectivity index (χ1) is 11.7. The second-order valence-electron chi connectivity index (χ2n) is 6.43. The third-order valence-corrected chi connectivity index (χ3v) is 4.44. The van der Waals surface area contributed by atoms with Crippen molar-refractivity contribution >= 4 is 17.7 Å². The first-order valence-corrected chi connectivity index (χ1v) is 8.37. The molecule has 4 atom stereocenters. The van der Waals surface area contributed by atoms with Gasteiger partial charge in [-0.3, -0.25) is 14.4 Å². The summed E-state index contributed by atoms with van der Waals surface area (Å²) >= 11 is 0. The largest absolute Gasteiger partial charge is 0.466 e. The van der Waals surface area contributed by atoms with Crippen LogP contribution in [0.25, 0.3) is 0 Å².